The van der Waals surface area contributed by atoms with Crippen molar-refractivity contribution in [2.24, 2.45) is 22.7 Å². The fourth-order valence-corrected chi connectivity index (χ4v) is 4.42. The molecule has 1 heterocycles. The van der Waals surface area contributed by atoms with Crippen LogP contribution in [0.2, 0.25) is 0 Å². The fourth-order valence-electron chi connectivity index (χ4n) is 4.42. The Balaban J connectivity index is 2.43. The molecule has 2 aliphatic rings. The fraction of sp³-hybridized carbons (Fsp3) is 0.842. The van der Waals surface area contributed by atoms with Gasteiger partial charge in [0, 0.05) is 18.9 Å². The van der Waals surface area contributed by atoms with Gasteiger partial charge in [-0.1, -0.05) is 26.7 Å². The number of aliphatic hydroxyl groups excluding tert-OH is 1. The third kappa shape index (κ3) is 4.65. The van der Waals surface area contributed by atoms with Crippen molar-refractivity contribution in [2.75, 3.05) is 0 Å². The lowest BCUT2D eigenvalue weighted by Gasteiger charge is -2.35. The topological polar surface area (TPSA) is 164 Å². The smallest absolute Gasteiger partial charge is 0.309 e. The van der Waals surface area contributed by atoms with Crippen molar-refractivity contribution in [2.45, 2.75) is 83.5 Å². The number of nitrogens with zero attached hydrogens (tertiary/aromatic N) is 1. The Hall–Kier alpha value is -1.91. The van der Waals surface area contributed by atoms with E-state index in [-0.39, 0.29) is 24.2 Å². The van der Waals surface area contributed by atoms with Crippen molar-refractivity contribution in [1.82, 2.24) is 16.0 Å². The Morgan fingerprint density at radius 1 is 1.21 bits per heavy atom. The summed E-state index contributed by atoms with van der Waals surface area (Å²) in [5.41, 5.74) is -3.37. The van der Waals surface area contributed by atoms with E-state index in [0.29, 0.717) is 0 Å². The van der Waals surface area contributed by atoms with E-state index in [1.165, 1.54) is 20.8 Å². The highest BCUT2D eigenvalue weighted by Crippen LogP contribution is 2.40. The summed E-state index contributed by atoms with van der Waals surface area (Å²) in [4.78, 5) is 28.1. The zero-order valence-corrected chi connectivity index (χ0v) is 17.6. The average Bonchev–Trinajstić information content (AvgIpc) is 2.99. The maximum Gasteiger partial charge on any atom is 0.309 e. The Morgan fingerprint density at radius 2 is 1.72 bits per heavy atom. The molecule has 10 heteroatoms. The molecule has 1 saturated heterocycles. The van der Waals surface area contributed by atoms with Crippen LogP contribution in [0, 0.1) is 17.8 Å². The molecule has 7 N–H and O–H groups in total. The number of nitrogens with one attached hydrogen (secondary N) is 3. The van der Waals surface area contributed by atoms with E-state index in [9.17, 15) is 30.0 Å². The Morgan fingerprint density at radius 3 is 2.14 bits per heavy atom. The Labute approximate surface area is 170 Å². The summed E-state index contributed by atoms with van der Waals surface area (Å²) in [6.07, 6.45) is 0.368. The number of aliphatic imine (C=N–C) groups is 1. The minimum absolute atomic E-state index is 0.0320. The van der Waals surface area contributed by atoms with Gasteiger partial charge in [-0.3, -0.25) is 9.59 Å². The highest BCUT2D eigenvalue weighted by atomic mass is 16.4. The summed E-state index contributed by atoms with van der Waals surface area (Å²) >= 11 is 0. The molecule has 1 amide bonds. The number of aliphatic carboxylic acids is 1. The highest BCUT2D eigenvalue weighted by Gasteiger charge is 2.53. The highest BCUT2D eigenvalue weighted by molar-refractivity contribution is 5.84. The summed E-state index contributed by atoms with van der Waals surface area (Å²) in [7, 11) is 0. The molecule has 0 bridgehead atoms. The molecule has 0 aromatic carbocycles. The van der Waals surface area contributed by atoms with Crippen LogP contribution >= 0.6 is 0 Å². The second kappa shape index (κ2) is 8.45. The zero-order chi connectivity index (χ0) is 22.1. The van der Waals surface area contributed by atoms with Crippen LogP contribution in [0.15, 0.2) is 4.99 Å². The van der Waals surface area contributed by atoms with Gasteiger partial charge in [0.2, 0.25) is 5.91 Å². The molecule has 0 aromatic heterocycles. The van der Waals surface area contributed by atoms with Crippen molar-refractivity contribution in [1.29, 1.82) is 0 Å². The molecule has 0 spiro atoms. The van der Waals surface area contributed by atoms with E-state index in [4.69, 9.17) is 0 Å². The minimum atomic E-state index is -1.68. The number of hydrogen-bond acceptors (Lipinski definition) is 6. The lowest BCUT2D eigenvalue weighted by molar-refractivity contribution is -0.145. The van der Waals surface area contributed by atoms with Gasteiger partial charge in [-0.05, 0) is 26.2 Å². The molecule has 29 heavy (non-hydrogen) atoms. The van der Waals surface area contributed by atoms with Crippen molar-refractivity contribution >= 4 is 17.8 Å². The SMILES string of the molecule is CCC(CC)[C@H](NC(C)=O)[C@@H]1[C@H](O)[C@@H](C(=O)O)C[C@H]1N=C1NC(C)(O)C(C)(O)N1. The molecule has 2 fully saturated rings. The van der Waals surface area contributed by atoms with Crippen LogP contribution in [0.3, 0.4) is 0 Å². The van der Waals surface area contributed by atoms with E-state index in [1.807, 2.05) is 13.8 Å². The zero-order valence-electron chi connectivity index (χ0n) is 17.6. The molecule has 166 valence electrons. The third-order valence-corrected chi connectivity index (χ3v) is 6.37. The molecular weight excluding hydrogens is 380 g/mol. The minimum Gasteiger partial charge on any atom is -0.481 e. The van der Waals surface area contributed by atoms with E-state index in [2.05, 4.69) is 20.9 Å². The van der Waals surface area contributed by atoms with Crippen LogP contribution < -0.4 is 16.0 Å². The Kier molecular flexibility index (Phi) is 6.81. The maximum absolute atomic E-state index is 11.9. The van der Waals surface area contributed by atoms with Crippen LogP contribution in [-0.2, 0) is 9.59 Å². The van der Waals surface area contributed by atoms with Crippen LogP contribution in [0.4, 0.5) is 0 Å². The van der Waals surface area contributed by atoms with Crippen molar-refractivity contribution in [3.05, 3.63) is 0 Å². The molecule has 2 unspecified atom stereocenters. The number of guanidine groups is 1. The standard InChI is InChI=1S/C19H34N4O6/c1-6-10(7-2)14(20-9(3)24)13-12(8-11(15(13)25)16(26)27)21-17-22-18(4,28)19(5,29)23-17/h10-15,25,28-29H,6-8H2,1-5H3,(H,20,24)(H,26,27)(H2,21,22,23)/t11-,12+,13+,14-,15+,18?,19?/m0/s1. The van der Waals surface area contributed by atoms with Gasteiger partial charge in [-0.15, -0.1) is 0 Å². The van der Waals surface area contributed by atoms with Gasteiger partial charge in [0.05, 0.1) is 18.1 Å². The molecular formula is C19H34N4O6. The summed E-state index contributed by atoms with van der Waals surface area (Å²) in [5.74, 6) is -2.90. The molecule has 1 aliphatic heterocycles. The Bertz CT molecular complexity index is 643. The van der Waals surface area contributed by atoms with Crippen LogP contribution in [-0.4, -0.2) is 67.9 Å². The van der Waals surface area contributed by atoms with Crippen LogP contribution in [0.5, 0.6) is 0 Å². The van der Waals surface area contributed by atoms with E-state index >= 15 is 0 Å². The summed E-state index contributed by atoms with van der Waals surface area (Å²) < 4.78 is 0. The van der Waals surface area contributed by atoms with Crippen molar-refractivity contribution in [3.63, 3.8) is 0 Å². The summed E-state index contributed by atoms with van der Waals surface area (Å²) in [5, 5.41) is 49.3. The number of rotatable bonds is 7. The van der Waals surface area contributed by atoms with Crippen molar-refractivity contribution in [3.8, 4) is 0 Å². The first-order valence-corrected chi connectivity index (χ1v) is 10.1. The van der Waals surface area contributed by atoms with Crippen LogP contribution in [0.25, 0.3) is 0 Å². The largest absolute Gasteiger partial charge is 0.481 e. The molecule has 7 atom stereocenters. The molecule has 2 rings (SSSR count). The van der Waals surface area contributed by atoms with Crippen LogP contribution in [0.1, 0.15) is 53.9 Å². The van der Waals surface area contributed by atoms with Gasteiger partial charge in [0.25, 0.3) is 0 Å². The first-order valence-electron chi connectivity index (χ1n) is 10.1. The van der Waals surface area contributed by atoms with E-state index in [0.717, 1.165) is 12.8 Å². The van der Waals surface area contributed by atoms with Gasteiger partial charge in [0.15, 0.2) is 17.4 Å². The predicted octanol–water partition coefficient (Wildman–Crippen LogP) is -0.657. The number of carbonyl (C=O) groups excluding carboxylic acids is 1. The normalized spacial score (nSPS) is 37.8. The van der Waals surface area contributed by atoms with Gasteiger partial charge >= 0.3 is 5.97 Å². The molecule has 1 saturated carbocycles. The maximum atomic E-state index is 11.9. The average molecular weight is 415 g/mol. The van der Waals surface area contributed by atoms with E-state index in [1.54, 1.807) is 0 Å². The van der Waals surface area contributed by atoms with Gasteiger partial charge in [-0.2, -0.15) is 0 Å². The number of carboxylic acids is 1. The number of hydrogen-bond donors (Lipinski definition) is 7. The second-order valence-corrected chi connectivity index (χ2v) is 8.49. The molecule has 0 radical (unpaired) electrons. The monoisotopic (exact) mass is 414 g/mol. The molecule has 0 aromatic rings. The third-order valence-electron chi connectivity index (χ3n) is 6.37. The first-order chi connectivity index (χ1) is 13.3. The van der Waals surface area contributed by atoms with Gasteiger partial charge in [-0.25, -0.2) is 4.99 Å². The van der Waals surface area contributed by atoms with Crippen molar-refractivity contribution < 1.29 is 30.0 Å². The number of amides is 1. The van der Waals surface area contributed by atoms with Gasteiger partial charge in [0.1, 0.15) is 0 Å². The number of carbonyl (C=O) groups is 2. The first kappa shape index (κ1) is 23.4. The lowest BCUT2D eigenvalue weighted by atomic mass is 9.80. The second-order valence-electron chi connectivity index (χ2n) is 8.49. The number of aliphatic hydroxyl groups is 3. The quantitative estimate of drug-likeness (QED) is 0.289. The molecule has 10 nitrogen and oxygen atoms in total. The van der Waals surface area contributed by atoms with Gasteiger partial charge < -0.3 is 36.4 Å². The summed E-state index contributed by atoms with van der Waals surface area (Å²) in [6.45, 7) is 8.12. The lowest BCUT2D eigenvalue weighted by Crippen LogP contribution is -2.56. The predicted molar refractivity (Wildman–Crippen MR) is 106 cm³/mol. The molecule has 1 aliphatic carbocycles. The summed E-state index contributed by atoms with van der Waals surface area (Å²) in [6, 6.07) is -1.10. The van der Waals surface area contributed by atoms with E-state index < -0.39 is 47.4 Å². The number of carboxylic acid groups (broad SMARTS) is 1.